The number of rotatable bonds is 6. The topological polar surface area (TPSA) is 72.8 Å². The third-order valence-corrected chi connectivity index (χ3v) is 7.44. The Labute approximate surface area is 157 Å². The van der Waals surface area contributed by atoms with Crippen LogP contribution >= 0.6 is 7.14 Å². The van der Waals surface area contributed by atoms with Gasteiger partial charge in [0.15, 0.2) is 7.14 Å². The molecule has 0 saturated carbocycles. The maximum atomic E-state index is 14.6. The summed E-state index contributed by atoms with van der Waals surface area (Å²) in [6.45, 7) is 0. The van der Waals surface area contributed by atoms with E-state index in [0.29, 0.717) is 10.6 Å². The molecule has 138 valence electrons. The molecular formula is C21H19O5P. The smallest absolute Gasteiger partial charge is 0.340 e. The summed E-state index contributed by atoms with van der Waals surface area (Å²) in [5, 5.41) is 11.1. The van der Waals surface area contributed by atoms with Gasteiger partial charge in [-0.05, 0) is 12.1 Å². The van der Waals surface area contributed by atoms with E-state index in [1.807, 2.05) is 12.1 Å². The first kappa shape index (κ1) is 18.7. The summed E-state index contributed by atoms with van der Waals surface area (Å²) in [5.74, 6) is -0.859. The number of carboxylic acids is 1. The largest absolute Gasteiger partial charge is 0.496 e. The molecule has 3 rings (SSSR count). The lowest BCUT2D eigenvalue weighted by Gasteiger charge is -2.24. The average Bonchev–Trinajstić information content (AvgIpc) is 2.73. The molecule has 0 spiro atoms. The number of aromatic carboxylic acids is 1. The second-order valence-electron chi connectivity index (χ2n) is 5.78. The van der Waals surface area contributed by atoms with Crippen molar-refractivity contribution >= 4 is 29.0 Å². The van der Waals surface area contributed by atoms with E-state index in [0.717, 1.165) is 0 Å². The highest BCUT2D eigenvalue weighted by molar-refractivity contribution is 7.85. The molecule has 0 aliphatic heterocycles. The molecule has 0 aliphatic carbocycles. The maximum Gasteiger partial charge on any atom is 0.340 e. The van der Waals surface area contributed by atoms with Crippen LogP contribution in [0, 0.1) is 0 Å². The first-order valence-electron chi connectivity index (χ1n) is 8.24. The van der Waals surface area contributed by atoms with Crippen molar-refractivity contribution in [1.29, 1.82) is 0 Å². The van der Waals surface area contributed by atoms with Crippen molar-refractivity contribution in [3.05, 3.63) is 78.4 Å². The van der Waals surface area contributed by atoms with Crippen LogP contribution in [-0.4, -0.2) is 25.3 Å². The van der Waals surface area contributed by atoms with Gasteiger partial charge in [0.05, 0.1) is 19.5 Å². The van der Waals surface area contributed by atoms with Gasteiger partial charge >= 0.3 is 5.97 Å². The van der Waals surface area contributed by atoms with Crippen molar-refractivity contribution in [3.63, 3.8) is 0 Å². The van der Waals surface area contributed by atoms with Gasteiger partial charge in [0.2, 0.25) is 0 Å². The maximum absolute atomic E-state index is 14.6. The predicted molar refractivity (Wildman–Crippen MR) is 106 cm³/mol. The zero-order valence-corrected chi connectivity index (χ0v) is 15.9. The van der Waals surface area contributed by atoms with E-state index < -0.39 is 13.1 Å². The van der Waals surface area contributed by atoms with Crippen LogP contribution in [-0.2, 0) is 4.57 Å². The summed E-state index contributed by atoms with van der Waals surface area (Å²) in [4.78, 5) is 12.1. The quantitative estimate of drug-likeness (QED) is 0.664. The lowest BCUT2D eigenvalue weighted by atomic mass is 10.2. The highest BCUT2D eigenvalue weighted by Crippen LogP contribution is 2.47. The normalized spacial score (nSPS) is 11.0. The first-order chi connectivity index (χ1) is 13.0. The standard InChI is InChI=1S/C21H19O5P/c1-25-17-13-14-18(26-2)20(19(17)21(22)23)27(24,15-9-5-3-6-10-15)16-11-7-4-8-12-16/h3-14H,1-2H3,(H,22,23). The molecule has 6 heteroatoms. The Morgan fingerprint density at radius 1 is 0.778 bits per heavy atom. The number of benzene rings is 3. The fourth-order valence-corrected chi connectivity index (χ4v) is 6.09. The summed E-state index contributed by atoms with van der Waals surface area (Å²) in [5.41, 5.74) is -0.159. The molecule has 0 atom stereocenters. The number of hydrogen-bond acceptors (Lipinski definition) is 4. The second-order valence-corrected chi connectivity index (χ2v) is 8.48. The predicted octanol–water partition coefficient (Wildman–Crippen LogP) is 3.04. The zero-order valence-electron chi connectivity index (χ0n) is 15.0. The lowest BCUT2D eigenvalue weighted by Crippen LogP contribution is -2.30. The van der Waals surface area contributed by atoms with Crippen LogP contribution in [0.1, 0.15) is 10.4 Å². The van der Waals surface area contributed by atoms with Crippen LogP contribution in [0.3, 0.4) is 0 Å². The van der Waals surface area contributed by atoms with Gasteiger partial charge in [-0.1, -0.05) is 60.7 Å². The number of hydrogen-bond donors (Lipinski definition) is 1. The van der Waals surface area contributed by atoms with Crippen LogP contribution in [0.2, 0.25) is 0 Å². The lowest BCUT2D eigenvalue weighted by molar-refractivity contribution is 0.0694. The van der Waals surface area contributed by atoms with E-state index in [1.165, 1.54) is 20.3 Å². The molecular weight excluding hydrogens is 363 g/mol. The number of carboxylic acid groups (broad SMARTS) is 1. The summed E-state index contributed by atoms with van der Waals surface area (Å²) in [6, 6.07) is 20.8. The van der Waals surface area contributed by atoms with E-state index in [-0.39, 0.29) is 22.4 Å². The van der Waals surface area contributed by atoms with E-state index in [1.54, 1.807) is 54.6 Å². The SMILES string of the molecule is COc1ccc(OC)c(P(=O)(c2ccccc2)c2ccccc2)c1C(=O)O. The van der Waals surface area contributed by atoms with Crippen molar-refractivity contribution < 1.29 is 23.9 Å². The molecule has 27 heavy (non-hydrogen) atoms. The van der Waals surface area contributed by atoms with E-state index in [4.69, 9.17) is 9.47 Å². The first-order valence-corrected chi connectivity index (χ1v) is 9.94. The second kappa shape index (κ2) is 7.68. The van der Waals surface area contributed by atoms with Crippen molar-refractivity contribution in [3.8, 4) is 11.5 Å². The summed E-state index contributed by atoms with van der Waals surface area (Å²) in [7, 11) is -0.737. The third kappa shape index (κ3) is 3.22. The molecule has 0 radical (unpaired) electrons. The molecule has 3 aromatic carbocycles. The Bertz CT molecular complexity index is 956. The Morgan fingerprint density at radius 2 is 1.22 bits per heavy atom. The van der Waals surface area contributed by atoms with Crippen LogP contribution in [0.5, 0.6) is 11.5 Å². The molecule has 0 saturated heterocycles. The highest BCUT2D eigenvalue weighted by Gasteiger charge is 2.38. The van der Waals surface area contributed by atoms with Crippen LogP contribution < -0.4 is 25.4 Å². The Morgan fingerprint density at radius 3 is 1.63 bits per heavy atom. The Kier molecular flexibility index (Phi) is 5.33. The molecule has 0 amide bonds. The molecule has 0 aliphatic rings. The minimum absolute atomic E-state index is 0.120. The van der Waals surface area contributed by atoms with Crippen molar-refractivity contribution in [1.82, 2.24) is 0 Å². The monoisotopic (exact) mass is 382 g/mol. The van der Waals surface area contributed by atoms with Gasteiger partial charge in [-0.25, -0.2) is 4.79 Å². The van der Waals surface area contributed by atoms with E-state index in [9.17, 15) is 14.5 Å². The van der Waals surface area contributed by atoms with Gasteiger partial charge < -0.3 is 19.1 Å². The summed E-state index contributed by atoms with van der Waals surface area (Å²) in [6.07, 6.45) is 0. The molecule has 0 unspecified atom stereocenters. The van der Waals surface area contributed by atoms with E-state index in [2.05, 4.69) is 0 Å². The van der Waals surface area contributed by atoms with Crippen LogP contribution in [0.15, 0.2) is 72.8 Å². The Balaban J connectivity index is 2.49. The van der Waals surface area contributed by atoms with Crippen LogP contribution in [0.4, 0.5) is 0 Å². The fraction of sp³-hybridized carbons (Fsp3) is 0.0952. The summed E-state index contributed by atoms with van der Waals surface area (Å²) >= 11 is 0. The highest BCUT2D eigenvalue weighted by atomic mass is 31.2. The van der Waals surface area contributed by atoms with Gasteiger partial charge in [0.25, 0.3) is 0 Å². The van der Waals surface area contributed by atoms with Gasteiger partial charge in [0.1, 0.15) is 17.1 Å². The molecule has 5 nitrogen and oxygen atoms in total. The fourth-order valence-electron chi connectivity index (χ4n) is 3.09. The molecule has 0 heterocycles. The third-order valence-electron chi connectivity index (χ3n) is 4.31. The van der Waals surface area contributed by atoms with Gasteiger partial charge in [0, 0.05) is 10.6 Å². The average molecular weight is 382 g/mol. The molecule has 1 N–H and O–H groups in total. The zero-order chi connectivity index (χ0) is 19.4. The minimum Gasteiger partial charge on any atom is -0.496 e. The molecule has 0 fully saturated rings. The summed E-state index contributed by atoms with van der Waals surface area (Å²) < 4.78 is 25.3. The van der Waals surface area contributed by atoms with Crippen LogP contribution in [0.25, 0.3) is 0 Å². The van der Waals surface area contributed by atoms with E-state index >= 15 is 0 Å². The number of methoxy groups -OCH3 is 2. The number of ether oxygens (including phenoxy) is 2. The number of carbonyl (C=O) groups is 1. The Hall–Kier alpha value is -3.04. The minimum atomic E-state index is -3.55. The van der Waals surface area contributed by atoms with Crippen molar-refractivity contribution in [2.24, 2.45) is 0 Å². The molecule has 0 aromatic heterocycles. The van der Waals surface area contributed by atoms with Gasteiger partial charge in [-0.2, -0.15) is 0 Å². The molecule has 0 bridgehead atoms. The van der Waals surface area contributed by atoms with Crippen molar-refractivity contribution in [2.45, 2.75) is 0 Å². The van der Waals surface area contributed by atoms with Gasteiger partial charge in [-0.15, -0.1) is 0 Å². The molecule has 3 aromatic rings. The van der Waals surface area contributed by atoms with Gasteiger partial charge in [-0.3, -0.25) is 0 Å². The van der Waals surface area contributed by atoms with Crippen molar-refractivity contribution in [2.75, 3.05) is 14.2 Å².